The van der Waals surface area contributed by atoms with E-state index in [1.807, 2.05) is 60.7 Å². The topological polar surface area (TPSA) is 65.0 Å². The molecule has 0 radical (unpaired) electrons. The molecule has 0 saturated heterocycles. The van der Waals surface area contributed by atoms with Gasteiger partial charge in [-0.25, -0.2) is 9.59 Å². The van der Waals surface area contributed by atoms with Crippen molar-refractivity contribution < 1.29 is 19.1 Å². The molecule has 27 heavy (non-hydrogen) atoms. The third kappa shape index (κ3) is 4.58. The molecule has 1 aliphatic rings. The molecule has 0 aliphatic carbocycles. The number of rotatable bonds is 6. The highest BCUT2D eigenvalue weighted by molar-refractivity contribution is 6.09. The van der Waals surface area contributed by atoms with Crippen molar-refractivity contribution in [3.05, 3.63) is 96.1 Å². The summed E-state index contributed by atoms with van der Waals surface area (Å²) in [5.74, 6) is -1.55. The van der Waals surface area contributed by atoms with Crippen LogP contribution in [0.4, 0.5) is 0 Å². The second-order valence-electron chi connectivity index (χ2n) is 5.91. The fourth-order valence-corrected chi connectivity index (χ4v) is 2.50. The number of ether oxygens (including phenoxy) is 2. The van der Waals surface area contributed by atoms with E-state index in [1.54, 1.807) is 18.2 Å². The Hall–Kier alpha value is -3.47. The van der Waals surface area contributed by atoms with Crippen LogP contribution in [-0.2, 0) is 32.3 Å². The van der Waals surface area contributed by atoms with E-state index in [9.17, 15) is 9.59 Å². The van der Waals surface area contributed by atoms with Crippen LogP contribution in [0.1, 0.15) is 11.1 Å². The van der Waals surface area contributed by atoms with Crippen molar-refractivity contribution in [2.24, 2.45) is 4.99 Å². The Balaban J connectivity index is 1.74. The van der Waals surface area contributed by atoms with E-state index < -0.39 is 17.5 Å². The van der Waals surface area contributed by atoms with E-state index in [0.29, 0.717) is 0 Å². The van der Waals surface area contributed by atoms with Gasteiger partial charge in [0.05, 0.1) is 0 Å². The van der Waals surface area contributed by atoms with Gasteiger partial charge >= 0.3 is 11.9 Å². The molecule has 1 heterocycles. The lowest BCUT2D eigenvalue weighted by Crippen LogP contribution is -2.45. The minimum absolute atomic E-state index is 0.0458. The van der Waals surface area contributed by atoms with Gasteiger partial charge in [0.1, 0.15) is 13.2 Å². The molecule has 0 fully saturated rings. The van der Waals surface area contributed by atoms with Crippen molar-refractivity contribution in [3.63, 3.8) is 0 Å². The predicted octanol–water partition coefficient (Wildman–Crippen LogP) is 3.41. The fraction of sp³-hybridized carbons (Fsp3) is 0.136. The molecule has 3 rings (SSSR count). The molecule has 0 atom stereocenters. The lowest BCUT2D eigenvalue weighted by molar-refractivity contribution is -0.163. The molecular formula is C22H19NO4. The number of hydrogen-bond donors (Lipinski definition) is 0. The number of esters is 2. The summed E-state index contributed by atoms with van der Waals surface area (Å²) in [5, 5.41) is 0. The van der Waals surface area contributed by atoms with E-state index in [-0.39, 0.29) is 13.2 Å². The summed E-state index contributed by atoms with van der Waals surface area (Å²) < 4.78 is 10.7. The minimum atomic E-state index is -1.85. The lowest BCUT2D eigenvalue weighted by Gasteiger charge is -2.22. The summed E-state index contributed by atoms with van der Waals surface area (Å²) in [7, 11) is 0. The van der Waals surface area contributed by atoms with Crippen molar-refractivity contribution in [3.8, 4) is 0 Å². The van der Waals surface area contributed by atoms with E-state index in [0.717, 1.165) is 11.1 Å². The van der Waals surface area contributed by atoms with E-state index in [2.05, 4.69) is 4.99 Å². The summed E-state index contributed by atoms with van der Waals surface area (Å²) in [6.45, 7) is 0.0916. The van der Waals surface area contributed by atoms with Gasteiger partial charge in [0.25, 0.3) is 5.54 Å². The highest BCUT2D eigenvalue weighted by atomic mass is 16.6. The van der Waals surface area contributed by atoms with Crippen LogP contribution in [0.15, 0.2) is 90.0 Å². The Kier molecular flexibility index (Phi) is 5.94. The van der Waals surface area contributed by atoms with Crippen molar-refractivity contribution in [1.82, 2.24) is 0 Å². The first kappa shape index (κ1) is 18.3. The van der Waals surface area contributed by atoms with Gasteiger partial charge in [0, 0.05) is 6.21 Å². The van der Waals surface area contributed by atoms with E-state index in [1.165, 1.54) is 12.3 Å². The average Bonchev–Trinajstić information content (AvgIpc) is 2.99. The van der Waals surface area contributed by atoms with Gasteiger partial charge in [0.15, 0.2) is 0 Å². The van der Waals surface area contributed by atoms with Crippen LogP contribution < -0.4 is 0 Å². The first-order valence-corrected chi connectivity index (χ1v) is 8.53. The molecule has 1 aliphatic heterocycles. The molecule has 0 N–H and O–H groups in total. The number of allylic oxidation sites excluding steroid dienone is 3. The molecule has 0 bridgehead atoms. The first-order valence-electron chi connectivity index (χ1n) is 8.53. The third-order valence-electron chi connectivity index (χ3n) is 3.97. The van der Waals surface area contributed by atoms with Crippen LogP contribution in [0.2, 0.25) is 0 Å². The summed E-state index contributed by atoms with van der Waals surface area (Å²) in [5.41, 5.74) is -0.218. The molecule has 2 aromatic rings. The van der Waals surface area contributed by atoms with Gasteiger partial charge < -0.3 is 9.47 Å². The Bertz CT molecular complexity index is 796. The normalized spacial score (nSPS) is 14.4. The average molecular weight is 361 g/mol. The smallest absolute Gasteiger partial charge is 0.350 e. The molecule has 5 nitrogen and oxygen atoms in total. The standard InChI is InChI=1S/C22H19NO4/c24-20(26-16-18-10-4-1-5-11-18)22(14-8-3-9-15-23-22)21(25)27-17-19-12-6-2-7-13-19/h1-15H,16-17H2. The largest absolute Gasteiger partial charge is 0.458 e. The Morgan fingerprint density at radius 2 is 1.26 bits per heavy atom. The first-order chi connectivity index (χ1) is 13.2. The quantitative estimate of drug-likeness (QED) is 0.584. The van der Waals surface area contributed by atoms with Crippen molar-refractivity contribution in [1.29, 1.82) is 0 Å². The van der Waals surface area contributed by atoms with Crippen LogP contribution >= 0.6 is 0 Å². The van der Waals surface area contributed by atoms with Crippen LogP contribution in [-0.4, -0.2) is 23.7 Å². The molecule has 0 spiro atoms. The third-order valence-corrected chi connectivity index (χ3v) is 3.97. The zero-order valence-electron chi connectivity index (χ0n) is 14.7. The second-order valence-corrected chi connectivity index (χ2v) is 5.91. The molecular weight excluding hydrogens is 342 g/mol. The van der Waals surface area contributed by atoms with Gasteiger partial charge in [-0.15, -0.1) is 0 Å². The number of carbonyl (C=O) groups is 2. The molecule has 0 aromatic heterocycles. The second kappa shape index (κ2) is 8.76. The zero-order valence-corrected chi connectivity index (χ0v) is 14.7. The van der Waals surface area contributed by atoms with Crippen molar-refractivity contribution in [2.75, 3.05) is 0 Å². The van der Waals surface area contributed by atoms with Crippen LogP contribution in [0.5, 0.6) is 0 Å². The Morgan fingerprint density at radius 3 is 1.78 bits per heavy atom. The molecule has 5 heteroatoms. The SMILES string of the molecule is O=C(OCc1ccccc1)C1(C(=O)OCc2ccccc2)C=CC=CC=N1. The van der Waals surface area contributed by atoms with Gasteiger partial charge in [-0.3, -0.25) is 4.99 Å². The van der Waals surface area contributed by atoms with E-state index in [4.69, 9.17) is 9.47 Å². The Labute approximate surface area is 157 Å². The zero-order chi connectivity index (χ0) is 19.0. The van der Waals surface area contributed by atoms with Crippen molar-refractivity contribution >= 4 is 18.2 Å². The number of nitrogens with zero attached hydrogens (tertiary/aromatic N) is 1. The van der Waals surface area contributed by atoms with Gasteiger partial charge in [0.2, 0.25) is 0 Å². The highest BCUT2D eigenvalue weighted by Gasteiger charge is 2.47. The molecule has 0 saturated carbocycles. The summed E-state index contributed by atoms with van der Waals surface area (Å²) in [6, 6.07) is 18.5. The molecule has 2 aromatic carbocycles. The predicted molar refractivity (Wildman–Crippen MR) is 102 cm³/mol. The van der Waals surface area contributed by atoms with Crippen LogP contribution in [0.3, 0.4) is 0 Å². The molecule has 0 amide bonds. The van der Waals surface area contributed by atoms with Crippen molar-refractivity contribution in [2.45, 2.75) is 18.8 Å². The monoisotopic (exact) mass is 361 g/mol. The highest BCUT2D eigenvalue weighted by Crippen LogP contribution is 2.21. The van der Waals surface area contributed by atoms with Gasteiger partial charge in [-0.05, 0) is 23.3 Å². The lowest BCUT2D eigenvalue weighted by atomic mass is 10.00. The maximum absolute atomic E-state index is 12.8. The molecule has 0 unspecified atom stereocenters. The van der Waals surface area contributed by atoms with Gasteiger partial charge in [-0.1, -0.05) is 72.8 Å². The fourth-order valence-electron chi connectivity index (χ4n) is 2.50. The van der Waals surface area contributed by atoms with E-state index >= 15 is 0 Å². The summed E-state index contributed by atoms with van der Waals surface area (Å²) >= 11 is 0. The number of aliphatic imine (C=N–C) groups is 1. The Morgan fingerprint density at radius 1 is 0.741 bits per heavy atom. The van der Waals surface area contributed by atoms with Crippen LogP contribution in [0, 0.1) is 0 Å². The summed E-state index contributed by atoms with van der Waals surface area (Å²) in [6.07, 6.45) is 7.69. The number of carbonyl (C=O) groups excluding carboxylic acids is 2. The maximum atomic E-state index is 12.8. The van der Waals surface area contributed by atoms with Gasteiger partial charge in [-0.2, -0.15) is 0 Å². The molecule has 136 valence electrons. The maximum Gasteiger partial charge on any atom is 0.350 e. The summed E-state index contributed by atoms with van der Waals surface area (Å²) in [4.78, 5) is 29.7. The van der Waals surface area contributed by atoms with Crippen LogP contribution in [0.25, 0.3) is 0 Å². The number of hydrogen-bond acceptors (Lipinski definition) is 5. The number of benzene rings is 2. The minimum Gasteiger partial charge on any atom is -0.458 e.